The maximum absolute atomic E-state index is 11.0. The number of piperidine rings is 1. The molecule has 4 heteroatoms. The lowest BCUT2D eigenvalue weighted by atomic mass is 9.84. The Bertz CT molecular complexity index is 327. The van der Waals surface area contributed by atoms with E-state index in [0.29, 0.717) is 17.9 Å². The highest BCUT2D eigenvalue weighted by Gasteiger charge is 2.30. The Balaban J connectivity index is 1.82. The highest BCUT2D eigenvalue weighted by molar-refractivity contribution is 5.69. The van der Waals surface area contributed by atoms with Gasteiger partial charge < -0.3 is 10.4 Å². The van der Waals surface area contributed by atoms with Crippen LogP contribution in [0.15, 0.2) is 0 Å². The summed E-state index contributed by atoms with van der Waals surface area (Å²) in [6.07, 6.45) is 8.11. The van der Waals surface area contributed by atoms with Crippen LogP contribution >= 0.6 is 0 Å². The van der Waals surface area contributed by atoms with Crippen LogP contribution in [0.2, 0.25) is 0 Å². The number of carbonyl (C=O) groups is 1. The number of hydrogen-bond acceptors (Lipinski definition) is 3. The number of aliphatic carboxylic acids is 1. The van der Waals surface area contributed by atoms with E-state index in [1.165, 1.54) is 38.5 Å². The van der Waals surface area contributed by atoms with Gasteiger partial charge in [-0.1, -0.05) is 33.1 Å². The van der Waals surface area contributed by atoms with Crippen LogP contribution in [0.25, 0.3) is 0 Å². The van der Waals surface area contributed by atoms with Crippen molar-refractivity contribution in [2.45, 2.75) is 58.4 Å². The van der Waals surface area contributed by atoms with Gasteiger partial charge in [0.05, 0.1) is 6.54 Å². The van der Waals surface area contributed by atoms with Gasteiger partial charge in [0, 0.05) is 19.1 Å². The summed E-state index contributed by atoms with van der Waals surface area (Å²) in [5, 5.41) is 12.8. The molecule has 2 aliphatic rings. The van der Waals surface area contributed by atoms with Crippen LogP contribution in [-0.2, 0) is 4.79 Å². The molecule has 1 saturated carbocycles. The first-order chi connectivity index (χ1) is 10.0. The number of likely N-dealkylation sites (tertiary alicyclic amines) is 1. The topological polar surface area (TPSA) is 52.6 Å². The summed E-state index contributed by atoms with van der Waals surface area (Å²) in [4.78, 5) is 13.1. The highest BCUT2D eigenvalue weighted by atomic mass is 16.4. The second kappa shape index (κ2) is 8.14. The van der Waals surface area contributed by atoms with Crippen LogP contribution in [-0.4, -0.2) is 48.2 Å². The van der Waals surface area contributed by atoms with Gasteiger partial charge in [0.15, 0.2) is 0 Å². The summed E-state index contributed by atoms with van der Waals surface area (Å²) < 4.78 is 0. The van der Waals surface area contributed by atoms with Crippen LogP contribution in [0.3, 0.4) is 0 Å². The average molecular weight is 296 g/mol. The SMILES string of the molecule is CC(C)C1CC(NCC2CCCCC2)CN(CC(=O)O)C1. The van der Waals surface area contributed by atoms with Crippen molar-refractivity contribution in [2.24, 2.45) is 17.8 Å². The molecule has 2 N–H and O–H groups in total. The average Bonchev–Trinajstić information content (AvgIpc) is 2.45. The third kappa shape index (κ3) is 5.59. The van der Waals surface area contributed by atoms with Gasteiger partial charge in [-0.3, -0.25) is 9.69 Å². The third-order valence-electron chi connectivity index (χ3n) is 5.28. The van der Waals surface area contributed by atoms with Crippen LogP contribution in [0.5, 0.6) is 0 Å². The number of hydrogen-bond donors (Lipinski definition) is 2. The van der Waals surface area contributed by atoms with Crippen LogP contribution in [0.4, 0.5) is 0 Å². The molecule has 1 saturated heterocycles. The number of nitrogens with one attached hydrogen (secondary N) is 1. The molecule has 0 amide bonds. The van der Waals surface area contributed by atoms with Crippen LogP contribution < -0.4 is 5.32 Å². The monoisotopic (exact) mass is 296 g/mol. The molecule has 0 aromatic rings. The van der Waals surface area contributed by atoms with Crippen LogP contribution in [0, 0.1) is 17.8 Å². The van der Waals surface area contributed by atoms with Crippen LogP contribution in [0.1, 0.15) is 52.4 Å². The maximum atomic E-state index is 11.0. The first-order valence-corrected chi connectivity index (χ1v) is 8.72. The Kier molecular flexibility index (Phi) is 6.49. The van der Waals surface area contributed by atoms with Gasteiger partial charge in [0.1, 0.15) is 0 Å². The first-order valence-electron chi connectivity index (χ1n) is 8.72. The second-order valence-corrected chi connectivity index (χ2v) is 7.44. The molecular formula is C17H32N2O2. The normalized spacial score (nSPS) is 28.9. The minimum atomic E-state index is -0.703. The maximum Gasteiger partial charge on any atom is 0.317 e. The number of carboxylic acid groups (broad SMARTS) is 1. The van der Waals surface area contributed by atoms with Crippen molar-refractivity contribution in [2.75, 3.05) is 26.2 Å². The first kappa shape index (κ1) is 16.8. The standard InChI is InChI=1S/C17H32N2O2/c1-13(2)15-8-16(11-19(10-15)12-17(20)21)18-9-14-6-4-3-5-7-14/h13-16,18H,3-12H2,1-2H3,(H,20,21). The molecule has 0 aromatic carbocycles. The Hall–Kier alpha value is -0.610. The minimum absolute atomic E-state index is 0.185. The third-order valence-corrected chi connectivity index (χ3v) is 5.28. The van der Waals surface area contributed by atoms with E-state index < -0.39 is 5.97 Å². The quantitative estimate of drug-likeness (QED) is 0.791. The molecule has 2 rings (SSSR count). The van der Waals surface area contributed by atoms with E-state index in [1.807, 2.05) is 0 Å². The van der Waals surface area contributed by atoms with E-state index in [0.717, 1.165) is 25.6 Å². The van der Waals surface area contributed by atoms with Crippen molar-refractivity contribution in [3.8, 4) is 0 Å². The summed E-state index contributed by atoms with van der Waals surface area (Å²) in [5.41, 5.74) is 0. The van der Waals surface area contributed by atoms with Gasteiger partial charge in [-0.2, -0.15) is 0 Å². The van der Waals surface area contributed by atoms with Gasteiger partial charge >= 0.3 is 5.97 Å². The molecule has 1 heterocycles. The summed E-state index contributed by atoms with van der Waals surface area (Å²) in [5.74, 6) is 1.37. The van der Waals surface area contributed by atoms with Gasteiger partial charge in [-0.05, 0) is 43.6 Å². The summed E-state index contributed by atoms with van der Waals surface area (Å²) in [6, 6.07) is 0.465. The molecule has 0 spiro atoms. The van der Waals surface area contributed by atoms with Crippen molar-refractivity contribution in [1.82, 2.24) is 10.2 Å². The summed E-state index contributed by atoms with van der Waals surface area (Å²) in [6.45, 7) is 7.65. The molecule has 21 heavy (non-hydrogen) atoms. The molecule has 2 atom stereocenters. The lowest BCUT2D eigenvalue weighted by Crippen LogP contribution is -2.52. The van der Waals surface area contributed by atoms with E-state index in [1.54, 1.807) is 0 Å². The molecule has 0 aromatic heterocycles. The number of nitrogens with zero attached hydrogens (tertiary/aromatic N) is 1. The van der Waals surface area contributed by atoms with Crippen molar-refractivity contribution in [3.05, 3.63) is 0 Å². The fourth-order valence-corrected chi connectivity index (χ4v) is 3.91. The molecule has 0 radical (unpaired) electrons. The Morgan fingerprint density at radius 1 is 1.24 bits per heavy atom. The van der Waals surface area contributed by atoms with Crippen molar-refractivity contribution in [3.63, 3.8) is 0 Å². The molecule has 2 unspecified atom stereocenters. The van der Waals surface area contributed by atoms with Gasteiger partial charge in [-0.25, -0.2) is 0 Å². The summed E-state index contributed by atoms with van der Waals surface area (Å²) >= 11 is 0. The Labute approximate surface area is 129 Å². The van der Waals surface area contributed by atoms with E-state index in [-0.39, 0.29) is 6.54 Å². The van der Waals surface area contributed by atoms with Gasteiger partial charge in [0.25, 0.3) is 0 Å². The molecule has 122 valence electrons. The van der Waals surface area contributed by atoms with Gasteiger partial charge in [0.2, 0.25) is 0 Å². The van der Waals surface area contributed by atoms with Crippen molar-refractivity contribution in [1.29, 1.82) is 0 Å². The zero-order chi connectivity index (χ0) is 15.2. The van der Waals surface area contributed by atoms with E-state index in [2.05, 4.69) is 24.1 Å². The lowest BCUT2D eigenvalue weighted by Gasteiger charge is -2.40. The molecule has 4 nitrogen and oxygen atoms in total. The smallest absolute Gasteiger partial charge is 0.317 e. The molecule has 1 aliphatic carbocycles. The highest BCUT2D eigenvalue weighted by Crippen LogP contribution is 2.26. The predicted molar refractivity (Wildman–Crippen MR) is 85.4 cm³/mol. The lowest BCUT2D eigenvalue weighted by molar-refractivity contribution is -0.139. The van der Waals surface area contributed by atoms with E-state index >= 15 is 0 Å². The van der Waals surface area contributed by atoms with E-state index in [9.17, 15) is 4.79 Å². The molecule has 2 fully saturated rings. The largest absolute Gasteiger partial charge is 0.480 e. The van der Waals surface area contributed by atoms with E-state index in [4.69, 9.17) is 5.11 Å². The molecular weight excluding hydrogens is 264 g/mol. The number of carboxylic acids is 1. The fourth-order valence-electron chi connectivity index (χ4n) is 3.91. The van der Waals surface area contributed by atoms with Crippen molar-refractivity contribution < 1.29 is 9.90 Å². The molecule has 1 aliphatic heterocycles. The Morgan fingerprint density at radius 3 is 2.57 bits per heavy atom. The predicted octanol–water partition coefficient (Wildman–Crippen LogP) is 2.59. The number of rotatable bonds is 6. The zero-order valence-electron chi connectivity index (χ0n) is 13.7. The second-order valence-electron chi connectivity index (χ2n) is 7.44. The Morgan fingerprint density at radius 2 is 1.95 bits per heavy atom. The zero-order valence-corrected chi connectivity index (χ0v) is 13.7. The van der Waals surface area contributed by atoms with Crippen molar-refractivity contribution >= 4 is 5.97 Å². The summed E-state index contributed by atoms with van der Waals surface area (Å²) in [7, 11) is 0. The minimum Gasteiger partial charge on any atom is -0.480 e. The molecule has 0 bridgehead atoms. The van der Waals surface area contributed by atoms with Gasteiger partial charge in [-0.15, -0.1) is 0 Å². The fraction of sp³-hybridized carbons (Fsp3) is 0.941.